The lowest BCUT2D eigenvalue weighted by Gasteiger charge is -2.21. The first-order valence-corrected chi connectivity index (χ1v) is 6.87. The van der Waals surface area contributed by atoms with Crippen molar-refractivity contribution in [3.8, 4) is 11.5 Å². The normalized spacial score (nSPS) is 24.2. The lowest BCUT2D eigenvalue weighted by molar-refractivity contribution is -0.0716. The van der Waals surface area contributed by atoms with Crippen LogP contribution in [0.25, 0.3) is 0 Å². The van der Waals surface area contributed by atoms with Crippen molar-refractivity contribution in [3.05, 3.63) is 23.8 Å². The highest BCUT2D eigenvalue weighted by Gasteiger charge is 2.48. The molecule has 0 bridgehead atoms. The van der Waals surface area contributed by atoms with Crippen molar-refractivity contribution in [2.75, 3.05) is 0 Å². The molecule has 98 valence electrons. The summed E-state index contributed by atoms with van der Waals surface area (Å²) in [6.45, 7) is 0. The molecule has 0 atom stereocenters. The summed E-state index contributed by atoms with van der Waals surface area (Å²) < 4.78 is 12.0. The molecule has 0 radical (unpaired) electrons. The minimum Gasteiger partial charge on any atom is -0.448 e. The van der Waals surface area contributed by atoms with Gasteiger partial charge in [-0.3, -0.25) is 0 Å². The Balaban J connectivity index is 1.68. The van der Waals surface area contributed by atoms with Gasteiger partial charge in [0, 0.05) is 12.8 Å². The Labute approximate surface area is 111 Å². The first-order chi connectivity index (χ1) is 9.25. The van der Waals surface area contributed by atoms with Crippen LogP contribution in [0.5, 0.6) is 11.5 Å². The number of rotatable bonds is 2. The molecule has 0 amide bonds. The highest BCUT2D eigenvalue weighted by atomic mass is 16.7. The van der Waals surface area contributed by atoms with Crippen molar-refractivity contribution >= 4 is 6.08 Å². The third-order valence-corrected chi connectivity index (χ3v) is 4.42. The average Bonchev–Trinajstić information content (AvgIpc) is 2.92. The first kappa shape index (κ1) is 11.1. The second-order valence-corrected chi connectivity index (χ2v) is 5.72. The quantitative estimate of drug-likeness (QED) is 0.604. The number of aliphatic imine (C=N–C) groups is 1. The van der Waals surface area contributed by atoms with Gasteiger partial charge >= 0.3 is 0 Å². The van der Waals surface area contributed by atoms with Crippen LogP contribution < -0.4 is 9.47 Å². The van der Waals surface area contributed by atoms with Gasteiger partial charge < -0.3 is 9.47 Å². The molecule has 2 aliphatic carbocycles. The average molecular weight is 257 g/mol. The molecule has 19 heavy (non-hydrogen) atoms. The lowest BCUT2D eigenvalue weighted by Crippen LogP contribution is -2.34. The van der Waals surface area contributed by atoms with Crippen molar-refractivity contribution in [2.24, 2.45) is 4.99 Å². The highest BCUT2D eigenvalue weighted by Crippen LogP contribution is 2.53. The maximum atomic E-state index is 10.5. The van der Waals surface area contributed by atoms with E-state index in [9.17, 15) is 4.79 Å². The molecule has 3 aliphatic rings. The Kier molecular flexibility index (Phi) is 2.10. The van der Waals surface area contributed by atoms with Crippen LogP contribution in [0, 0.1) is 0 Å². The molecule has 0 unspecified atom stereocenters. The van der Waals surface area contributed by atoms with Gasteiger partial charge in [0.25, 0.3) is 5.79 Å². The smallest absolute Gasteiger partial charge is 0.251 e. The van der Waals surface area contributed by atoms with Crippen molar-refractivity contribution in [1.82, 2.24) is 0 Å². The number of hydrogen-bond acceptors (Lipinski definition) is 4. The number of isocyanates is 1. The zero-order valence-electron chi connectivity index (χ0n) is 10.6. The van der Waals surface area contributed by atoms with Crippen LogP contribution >= 0.6 is 0 Å². The minimum absolute atomic E-state index is 0.342. The largest absolute Gasteiger partial charge is 0.448 e. The predicted octanol–water partition coefficient (Wildman–Crippen LogP) is 3.05. The van der Waals surface area contributed by atoms with Gasteiger partial charge in [-0.05, 0) is 43.4 Å². The van der Waals surface area contributed by atoms with Crippen LogP contribution in [-0.2, 0) is 10.3 Å². The van der Waals surface area contributed by atoms with Crippen molar-refractivity contribution in [1.29, 1.82) is 0 Å². The van der Waals surface area contributed by atoms with E-state index < -0.39 is 5.79 Å². The van der Waals surface area contributed by atoms with E-state index in [4.69, 9.17) is 9.47 Å². The summed E-state index contributed by atoms with van der Waals surface area (Å²) in [5, 5.41) is 0. The number of nitrogens with zero attached hydrogens (tertiary/aromatic N) is 1. The van der Waals surface area contributed by atoms with Gasteiger partial charge in [0.2, 0.25) is 6.08 Å². The fourth-order valence-corrected chi connectivity index (χ4v) is 3.17. The van der Waals surface area contributed by atoms with Crippen molar-refractivity contribution < 1.29 is 14.3 Å². The zero-order chi connectivity index (χ0) is 12.9. The molecule has 1 aromatic carbocycles. The minimum atomic E-state index is -0.425. The Morgan fingerprint density at radius 3 is 2.47 bits per heavy atom. The van der Waals surface area contributed by atoms with Gasteiger partial charge in [-0.1, -0.05) is 6.07 Å². The molecule has 4 heteroatoms. The maximum Gasteiger partial charge on any atom is 0.251 e. The van der Waals surface area contributed by atoms with Crippen LogP contribution in [0.3, 0.4) is 0 Å². The van der Waals surface area contributed by atoms with E-state index in [0.717, 1.165) is 55.6 Å². The van der Waals surface area contributed by atoms with Crippen LogP contribution in [0.1, 0.15) is 44.1 Å². The van der Waals surface area contributed by atoms with E-state index in [1.165, 1.54) is 0 Å². The molecule has 1 heterocycles. The SMILES string of the molecule is O=C=NC1(c2ccc3c(c2)OC2(CCCC2)O3)CC1. The van der Waals surface area contributed by atoms with E-state index in [1.807, 2.05) is 18.2 Å². The summed E-state index contributed by atoms with van der Waals surface area (Å²) in [5.74, 6) is 1.19. The number of ether oxygens (including phenoxy) is 2. The summed E-state index contributed by atoms with van der Waals surface area (Å²) in [6.07, 6.45) is 7.72. The fraction of sp³-hybridized carbons (Fsp3) is 0.533. The molecule has 0 N–H and O–H groups in total. The van der Waals surface area contributed by atoms with Gasteiger partial charge in [0.05, 0.1) is 5.54 Å². The lowest BCUT2D eigenvalue weighted by atomic mass is 10.1. The molecule has 4 nitrogen and oxygen atoms in total. The van der Waals surface area contributed by atoms with E-state index in [2.05, 4.69) is 4.99 Å². The Morgan fingerprint density at radius 2 is 1.79 bits per heavy atom. The van der Waals surface area contributed by atoms with E-state index in [0.29, 0.717) is 0 Å². The molecule has 0 saturated heterocycles. The van der Waals surface area contributed by atoms with Crippen LogP contribution in [0.2, 0.25) is 0 Å². The number of hydrogen-bond donors (Lipinski definition) is 0. The molecule has 0 aromatic heterocycles. The molecule has 1 aliphatic heterocycles. The third kappa shape index (κ3) is 1.60. The van der Waals surface area contributed by atoms with E-state index >= 15 is 0 Å². The van der Waals surface area contributed by atoms with Gasteiger partial charge in [-0.15, -0.1) is 0 Å². The van der Waals surface area contributed by atoms with Crippen LogP contribution in [0.4, 0.5) is 0 Å². The van der Waals surface area contributed by atoms with Crippen molar-refractivity contribution in [3.63, 3.8) is 0 Å². The first-order valence-electron chi connectivity index (χ1n) is 6.87. The molecular formula is C15H15NO3. The van der Waals surface area contributed by atoms with Crippen LogP contribution in [0.15, 0.2) is 23.2 Å². The van der Waals surface area contributed by atoms with Gasteiger partial charge in [0.15, 0.2) is 11.5 Å². The Hall–Kier alpha value is -1.80. The second kappa shape index (κ2) is 3.61. The van der Waals surface area contributed by atoms with E-state index in [-0.39, 0.29) is 5.54 Å². The topological polar surface area (TPSA) is 47.9 Å². The molecule has 2 fully saturated rings. The maximum absolute atomic E-state index is 10.5. The van der Waals surface area contributed by atoms with Crippen LogP contribution in [-0.4, -0.2) is 11.9 Å². The standard InChI is InChI=1S/C15H15NO3/c17-10-16-14(7-8-14)11-3-4-12-13(9-11)19-15(18-12)5-1-2-6-15/h3-4,9H,1-2,5-8H2. The van der Waals surface area contributed by atoms with Gasteiger partial charge in [-0.25, -0.2) is 4.79 Å². The summed E-state index contributed by atoms with van der Waals surface area (Å²) in [7, 11) is 0. The Morgan fingerprint density at radius 1 is 1.05 bits per heavy atom. The summed E-state index contributed by atoms with van der Waals surface area (Å²) in [4.78, 5) is 14.5. The fourth-order valence-electron chi connectivity index (χ4n) is 3.17. The van der Waals surface area contributed by atoms with E-state index in [1.54, 1.807) is 6.08 Å². The Bertz CT molecular complexity index is 579. The van der Waals surface area contributed by atoms with Gasteiger partial charge in [0.1, 0.15) is 0 Å². The highest BCUT2D eigenvalue weighted by molar-refractivity contribution is 5.50. The predicted molar refractivity (Wildman–Crippen MR) is 67.9 cm³/mol. The number of benzene rings is 1. The second-order valence-electron chi connectivity index (χ2n) is 5.72. The monoisotopic (exact) mass is 257 g/mol. The molecular weight excluding hydrogens is 242 g/mol. The molecule has 4 rings (SSSR count). The van der Waals surface area contributed by atoms with Crippen molar-refractivity contribution in [2.45, 2.75) is 49.9 Å². The summed E-state index contributed by atoms with van der Waals surface area (Å²) in [6, 6.07) is 5.92. The zero-order valence-corrected chi connectivity index (χ0v) is 10.6. The molecule has 1 aromatic rings. The third-order valence-electron chi connectivity index (χ3n) is 4.42. The molecule has 1 spiro atoms. The summed E-state index contributed by atoms with van der Waals surface area (Å²) in [5.41, 5.74) is 0.694. The summed E-state index contributed by atoms with van der Waals surface area (Å²) >= 11 is 0. The molecule has 2 saturated carbocycles. The number of fused-ring (bicyclic) bond motifs is 1. The number of carbonyl (C=O) groups excluding carboxylic acids is 1. The van der Waals surface area contributed by atoms with Gasteiger partial charge in [-0.2, -0.15) is 4.99 Å².